The predicted octanol–water partition coefficient (Wildman–Crippen LogP) is 2.79. The fourth-order valence-corrected chi connectivity index (χ4v) is 12.9. The van der Waals surface area contributed by atoms with Gasteiger partial charge in [0.2, 0.25) is 5.78 Å². The van der Waals surface area contributed by atoms with E-state index in [1.54, 1.807) is 13.8 Å². The van der Waals surface area contributed by atoms with Crippen LogP contribution in [0.1, 0.15) is 75.7 Å². The molecule has 1 unspecified atom stereocenters. The van der Waals surface area contributed by atoms with E-state index in [9.17, 15) is 29.4 Å². The molecule has 280 valence electrons. The average Bonchev–Trinajstić information content (AvgIpc) is 3.67. The molecule has 0 radical (unpaired) electrons. The van der Waals surface area contributed by atoms with Crippen molar-refractivity contribution < 1.29 is 62.6 Å². The minimum Gasteiger partial charge on any atom is -0.463 e. The largest absolute Gasteiger partial charge is 0.463 e. The first-order chi connectivity index (χ1) is 23.5. The van der Waals surface area contributed by atoms with Crippen molar-refractivity contribution in [2.24, 2.45) is 57.7 Å². The van der Waals surface area contributed by atoms with Crippen molar-refractivity contribution in [2.45, 2.75) is 123 Å². The summed E-state index contributed by atoms with van der Waals surface area (Å²) in [4.78, 5) is 67.0. The molecule has 2 heterocycles. The molecule has 5 aliphatic carbocycles. The third-order valence-corrected chi connectivity index (χ3v) is 14.8. The zero-order chi connectivity index (χ0) is 37.7. The summed E-state index contributed by atoms with van der Waals surface area (Å²) in [6.45, 7) is 20.0. The fraction of sp³-hybridized carbons (Fsp3) is 0.763. The van der Waals surface area contributed by atoms with Gasteiger partial charge in [0.15, 0.2) is 6.10 Å². The average molecular weight is 715 g/mol. The van der Waals surface area contributed by atoms with E-state index in [0.29, 0.717) is 5.76 Å². The highest BCUT2D eigenvalue weighted by atomic mass is 16.6. The molecule has 2 N–H and O–H groups in total. The molecule has 0 spiro atoms. The number of aliphatic hydroxyl groups is 2. The Labute approximate surface area is 297 Å². The zero-order valence-electron chi connectivity index (χ0n) is 30.9. The fourth-order valence-electron chi connectivity index (χ4n) is 12.9. The first-order valence-corrected chi connectivity index (χ1v) is 17.9. The first-order valence-electron chi connectivity index (χ1n) is 17.9. The summed E-state index contributed by atoms with van der Waals surface area (Å²) in [6, 6.07) is 0. The van der Waals surface area contributed by atoms with Gasteiger partial charge in [-0.1, -0.05) is 34.3 Å². The second-order valence-electron chi connectivity index (χ2n) is 17.1. The molecule has 7 aliphatic rings. The Kier molecular flexibility index (Phi) is 7.70. The number of carbonyl (C=O) groups excluding carboxylic acids is 5. The Morgan fingerprint density at radius 1 is 0.824 bits per heavy atom. The molecule has 18 atom stereocenters. The minimum absolute atomic E-state index is 0.123. The number of ether oxygens (including phenoxy) is 6. The van der Waals surface area contributed by atoms with Crippen molar-refractivity contribution in [3.8, 4) is 0 Å². The lowest BCUT2D eigenvalue weighted by molar-refractivity contribution is -0.283. The molecule has 0 aromatic carbocycles. The molecule has 6 fully saturated rings. The Morgan fingerprint density at radius 2 is 1.39 bits per heavy atom. The van der Waals surface area contributed by atoms with E-state index in [1.807, 2.05) is 33.8 Å². The standard InChI is InChI=1S/C38H50O13/c1-14-12-22-35(9,37(11,44)16(3)46-22)27-24(14)34(8)26(30(27)48-18(5)40)23-25(15(2)32(34)49-19(6)41)36(10)33(50-20(7)42)28-21(51-28)13-38(36,45)31(43)29(23)47-17(4)39/h12,14-15,21,23-30,32-33,44-45H,3,13H2,1-2,4-11H3/t14-,15+,21+,23-,24+,25?,26-,27+,28+,29-,30-,32+,33+,34-,35+,36+,37-,38+/m1/s1. The van der Waals surface area contributed by atoms with Gasteiger partial charge in [0.05, 0.1) is 11.5 Å². The molecule has 0 aromatic heterocycles. The van der Waals surface area contributed by atoms with Gasteiger partial charge in [-0.3, -0.25) is 24.0 Å². The van der Waals surface area contributed by atoms with E-state index in [4.69, 9.17) is 28.4 Å². The van der Waals surface area contributed by atoms with Gasteiger partial charge in [0.25, 0.3) is 0 Å². The van der Waals surface area contributed by atoms with E-state index < -0.39 is 129 Å². The maximum absolute atomic E-state index is 15.0. The molecular formula is C38H50O13. The van der Waals surface area contributed by atoms with Crippen molar-refractivity contribution in [3.63, 3.8) is 0 Å². The minimum atomic E-state index is -2.19. The Balaban J connectivity index is 1.55. The maximum atomic E-state index is 15.0. The molecule has 0 bridgehead atoms. The lowest BCUT2D eigenvalue weighted by Gasteiger charge is -2.67. The number of rotatable bonds is 4. The van der Waals surface area contributed by atoms with Crippen LogP contribution in [-0.4, -0.2) is 87.7 Å². The van der Waals surface area contributed by atoms with Gasteiger partial charge in [-0.25, -0.2) is 0 Å². The normalized spacial score (nSPS) is 53.0. The van der Waals surface area contributed by atoms with E-state index in [2.05, 4.69) is 6.58 Å². The van der Waals surface area contributed by atoms with Crippen LogP contribution < -0.4 is 0 Å². The van der Waals surface area contributed by atoms with Crippen LogP contribution in [0.25, 0.3) is 0 Å². The summed E-state index contributed by atoms with van der Waals surface area (Å²) in [5.74, 6) is -7.45. The SMILES string of the molecule is C=C1OC2=C[C@@H](C)[C@H]3[C@@H]([C@H](OC(C)=O)[C@H]4[C@H]5C([C@H](C)[C@H](OC(C)=O)[C@]34C)[C@@]3(C)[C@@H](OC(C)=O)[C@H]4O[C@H]4C[C@]3(O)C(=O)[C@@H]5OC(C)=O)[C@@]2(C)[C@]1(C)O. The predicted molar refractivity (Wildman–Crippen MR) is 174 cm³/mol. The molecule has 4 saturated carbocycles. The molecule has 0 amide bonds. The summed E-state index contributed by atoms with van der Waals surface area (Å²) >= 11 is 0. The van der Waals surface area contributed by atoms with Crippen LogP contribution in [0.3, 0.4) is 0 Å². The number of hydrogen-bond donors (Lipinski definition) is 2. The summed E-state index contributed by atoms with van der Waals surface area (Å²) in [7, 11) is 0. The topological polar surface area (TPSA) is 184 Å². The summed E-state index contributed by atoms with van der Waals surface area (Å²) in [5, 5.41) is 25.0. The van der Waals surface area contributed by atoms with Crippen LogP contribution in [0.4, 0.5) is 0 Å². The zero-order valence-corrected chi connectivity index (χ0v) is 30.9. The summed E-state index contributed by atoms with van der Waals surface area (Å²) < 4.78 is 36.8. The van der Waals surface area contributed by atoms with Gasteiger partial charge in [-0.15, -0.1) is 0 Å². The molecule has 2 saturated heterocycles. The Morgan fingerprint density at radius 3 is 1.96 bits per heavy atom. The van der Waals surface area contributed by atoms with Gasteiger partial charge < -0.3 is 38.6 Å². The van der Waals surface area contributed by atoms with Crippen molar-refractivity contribution in [1.29, 1.82) is 0 Å². The molecule has 7 rings (SSSR count). The van der Waals surface area contributed by atoms with E-state index >= 15 is 4.79 Å². The van der Waals surface area contributed by atoms with E-state index in [1.165, 1.54) is 27.7 Å². The summed E-state index contributed by atoms with van der Waals surface area (Å²) in [6.07, 6.45) is -3.94. The van der Waals surface area contributed by atoms with Crippen molar-refractivity contribution >= 4 is 29.7 Å². The number of carbonyl (C=O) groups is 5. The first kappa shape index (κ1) is 36.1. The molecule has 13 heteroatoms. The van der Waals surface area contributed by atoms with E-state index in [0.717, 1.165) is 0 Å². The lowest BCUT2D eigenvalue weighted by atomic mass is 9.38. The molecule has 2 aliphatic heterocycles. The number of epoxide rings is 1. The van der Waals surface area contributed by atoms with Crippen LogP contribution in [0, 0.1) is 57.7 Å². The van der Waals surface area contributed by atoms with Crippen molar-refractivity contribution in [1.82, 2.24) is 0 Å². The smallest absolute Gasteiger partial charge is 0.303 e. The highest BCUT2D eigenvalue weighted by Crippen LogP contribution is 2.77. The molecule has 13 nitrogen and oxygen atoms in total. The number of Topliss-reactive ketones (excluding diaryl/α,β-unsaturated/α-hetero) is 1. The van der Waals surface area contributed by atoms with Crippen molar-refractivity contribution in [2.75, 3.05) is 0 Å². The Hall–Kier alpha value is -3.29. The van der Waals surface area contributed by atoms with Crippen LogP contribution in [0.5, 0.6) is 0 Å². The highest BCUT2D eigenvalue weighted by Gasteiger charge is 2.85. The Bertz CT molecular complexity index is 1670. The highest BCUT2D eigenvalue weighted by molar-refractivity contribution is 5.95. The number of hydrogen-bond acceptors (Lipinski definition) is 13. The monoisotopic (exact) mass is 714 g/mol. The molecule has 0 aromatic rings. The molecular weight excluding hydrogens is 664 g/mol. The third-order valence-electron chi connectivity index (χ3n) is 14.8. The number of esters is 4. The second-order valence-corrected chi connectivity index (χ2v) is 17.1. The van der Waals surface area contributed by atoms with Crippen LogP contribution in [0.15, 0.2) is 24.2 Å². The number of ketones is 1. The third kappa shape index (κ3) is 4.28. The maximum Gasteiger partial charge on any atom is 0.303 e. The summed E-state index contributed by atoms with van der Waals surface area (Å²) in [5.41, 5.74) is -7.67. The van der Waals surface area contributed by atoms with Gasteiger partial charge >= 0.3 is 23.9 Å². The lowest BCUT2D eigenvalue weighted by Crippen LogP contribution is -2.79. The van der Waals surface area contributed by atoms with Crippen LogP contribution in [-0.2, 0) is 52.4 Å². The number of allylic oxidation sites excluding steroid dienone is 1. The van der Waals surface area contributed by atoms with Gasteiger partial charge in [0.1, 0.15) is 47.1 Å². The number of fused-ring (bicyclic) bond motifs is 10. The van der Waals surface area contributed by atoms with Crippen LogP contribution in [0.2, 0.25) is 0 Å². The van der Waals surface area contributed by atoms with Gasteiger partial charge in [0, 0.05) is 62.7 Å². The quantitative estimate of drug-likeness (QED) is 0.246. The van der Waals surface area contributed by atoms with Crippen LogP contribution >= 0.6 is 0 Å². The second kappa shape index (κ2) is 10.9. The van der Waals surface area contributed by atoms with Gasteiger partial charge in [-0.2, -0.15) is 0 Å². The molecule has 51 heavy (non-hydrogen) atoms. The van der Waals surface area contributed by atoms with E-state index in [-0.39, 0.29) is 18.1 Å². The van der Waals surface area contributed by atoms with Gasteiger partial charge in [-0.05, 0) is 43.6 Å². The van der Waals surface area contributed by atoms with Crippen molar-refractivity contribution in [3.05, 3.63) is 24.2 Å².